The van der Waals surface area contributed by atoms with Crippen LogP contribution >= 0.6 is 11.3 Å². The molecule has 10 heteroatoms. The molecule has 0 aliphatic carbocycles. The number of hydrogen-bond acceptors (Lipinski definition) is 9. The van der Waals surface area contributed by atoms with E-state index in [0.717, 1.165) is 4.88 Å². The minimum Gasteiger partial charge on any atom is -0.496 e. The molecule has 1 fully saturated rings. The molecular weight excluding hydrogens is 358 g/mol. The minimum atomic E-state index is -0.467. The largest absolute Gasteiger partial charge is 0.496 e. The Hall–Kier alpha value is -2.98. The van der Waals surface area contributed by atoms with E-state index in [1.54, 1.807) is 6.07 Å². The highest BCUT2D eigenvalue weighted by atomic mass is 32.1. The van der Waals surface area contributed by atoms with Crippen molar-refractivity contribution >= 4 is 29.1 Å². The van der Waals surface area contributed by atoms with E-state index in [-0.39, 0.29) is 17.7 Å². The predicted octanol–water partition coefficient (Wildman–Crippen LogP) is 1.63. The molecule has 9 nitrogen and oxygen atoms in total. The average Bonchev–Trinajstić information content (AvgIpc) is 3.29. The Bertz CT molecular complexity index is 921. The molecule has 4 heterocycles. The summed E-state index contributed by atoms with van der Waals surface area (Å²) < 4.78 is 10.8. The van der Waals surface area contributed by atoms with Crippen LogP contribution in [0.4, 0.5) is 11.8 Å². The van der Waals surface area contributed by atoms with Gasteiger partial charge < -0.3 is 19.2 Å². The maximum atomic E-state index is 12.5. The van der Waals surface area contributed by atoms with Crippen LogP contribution in [0.2, 0.25) is 0 Å². The number of amides is 1. The molecule has 1 aliphatic rings. The maximum Gasteiger partial charge on any atom is 0.322 e. The van der Waals surface area contributed by atoms with Crippen LogP contribution in [0.3, 0.4) is 0 Å². The van der Waals surface area contributed by atoms with Crippen molar-refractivity contribution in [2.24, 2.45) is 0 Å². The fourth-order valence-corrected chi connectivity index (χ4v) is 3.16. The third-order valence-electron chi connectivity index (χ3n) is 3.88. The molecule has 4 rings (SSSR count). The molecule has 0 unspecified atom stereocenters. The summed E-state index contributed by atoms with van der Waals surface area (Å²) in [5, 5.41) is 21.6. The highest BCUT2D eigenvalue weighted by molar-refractivity contribution is 7.13. The van der Waals surface area contributed by atoms with E-state index in [2.05, 4.69) is 20.5 Å². The summed E-state index contributed by atoms with van der Waals surface area (Å²) >= 11 is 1.46. The Balaban J connectivity index is 1.51. The van der Waals surface area contributed by atoms with Crippen LogP contribution in [-0.4, -0.2) is 52.5 Å². The number of rotatable bonds is 5. The van der Waals surface area contributed by atoms with Crippen molar-refractivity contribution in [3.05, 3.63) is 35.3 Å². The Kier molecular flexibility index (Phi) is 4.27. The van der Waals surface area contributed by atoms with Gasteiger partial charge in [0.25, 0.3) is 11.8 Å². The van der Waals surface area contributed by atoms with Gasteiger partial charge in [0, 0.05) is 25.4 Å². The first kappa shape index (κ1) is 16.5. The van der Waals surface area contributed by atoms with Gasteiger partial charge in [-0.25, -0.2) is 4.98 Å². The van der Waals surface area contributed by atoms with E-state index in [9.17, 15) is 9.90 Å². The normalized spacial score (nSPS) is 14.2. The van der Waals surface area contributed by atoms with E-state index < -0.39 is 5.91 Å². The number of pyridine rings is 1. The number of nitrogens with zero attached hydrogens (tertiary/aromatic N) is 4. The quantitative estimate of drug-likeness (QED) is 0.694. The number of aromatic nitrogens is 3. The van der Waals surface area contributed by atoms with Crippen molar-refractivity contribution in [3.63, 3.8) is 0 Å². The van der Waals surface area contributed by atoms with Gasteiger partial charge in [0.1, 0.15) is 17.1 Å². The van der Waals surface area contributed by atoms with E-state index in [1.165, 1.54) is 24.6 Å². The van der Waals surface area contributed by atoms with Gasteiger partial charge in [-0.05, 0) is 11.4 Å². The molecule has 0 radical (unpaired) electrons. The fraction of sp³-hybridized carbons (Fsp3) is 0.250. The second-order valence-corrected chi connectivity index (χ2v) is 6.59. The first-order valence-electron chi connectivity index (χ1n) is 7.80. The lowest BCUT2D eigenvalue weighted by atomic mass is 10.1. The van der Waals surface area contributed by atoms with Crippen LogP contribution in [0.15, 0.2) is 34.2 Å². The number of β-amino-alcohol motifs (C(OH)–C–C–N with tert-alkyl or cyclic N) is 1. The molecule has 3 aromatic rings. The summed E-state index contributed by atoms with van der Waals surface area (Å²) in [5.41, 5.74) is 0.244. The summed E-state index contributed by atoms with van der Waals surface area (Å²) in [6, 6.07) is 5.38. The first-order chi connectivity index (χ1) is 12.6. The third-order valence-corrected chi connectivity index (χ3v) is 4.74. The zero-order valence-corrected chi connectivity index (χ0v) is 14.6. The number of aliphatic hydroxyl groups is 1. The van der Waals surface area contributed by atoms with Crippen LogP contribution in [0.25, 0.3) is 10.8 Å². The number of hydrogen-bond donors (Lipinski definition) is 2. The molecule has 3 aromatic heterocycles. The van der Waals surface area contributed by atoms with Gasteiger partial charge in [-0.2, -0.15) is 0 Å². The van der Waals surface area contributed by atoms with E-state index >= 15 is 0 Å². The highest BCUT2D eigenvalue weighted by Crippen LogP contribution is 2.28. The number of carbonyl (C=O) groups is 1. The number of thiophene rings is 1. The van der Waals surface area contributed by atoms with E-state index in [4.69, 9.17) is 9.15 Å². The predicted molar refractivity (Wildman–Crippen MR) is 94.6 cm³/mol. The molecule has 0 spiro atoms. The monoisotopic (exact) mass is 373 g/mol. The van der Waals surface area contributed by atoms with Crippen molar-refractivity contribution in [2.45, 2.75) is 6.10 Å². The average molecular weight is 373 g/mol. The molecule has 0 saturated carbocycles. The van der Waals surface area contributed by atoms with Crippen LogP contribution in [0.1, 0.15) is 10.4 Å². The molecule has 134 valence electrons. The van der Waals surface area contributed by atoms with Gasteiger partial charge in [-0.15, -0.1) is 16.4 Å². The molecule has 0 aromatic carbocycles. The lowest BCUT2D eigenvalue weighted by molar-refractivity contribution is 0.102. The van der Waals surface area contributed by atoms with Crippen molar-refractivity contribution in [1.82, 2.24) is 15.2 Å². The number of aliphatic hydroxyl groups excluding tert-OH is 1. The summed E-state index contributed by atoms with van der Waals surface area (Å²) in [7, 11) is 1.47. The number of anilines is 2. The second kappa shape index (κ2) is 6.73. The molecule has 1 amide bonds. The van der Waals surface area contributed by atoms with Gasteiger partial charge in [0.15, 0.2) is 0 Å². The van der Waals surface area contributed by atoms with Crippen molar-refractivity contribution in [3.8, 4) is 16.5 Å². The van der Waals surface area contributed by atoms with Gasteiger partial charge >= 0.3 is 6.01 Å². The molecule has 1 aliphatic heterocycles. The lowest BCUT2D eigenvalue weighted by Gasteiger charge is -2.36. The van der Waals surface area contributed by atoms with Crippen molar-refractivity contribution in [2.75, 3.05) is 30.4 Å². The van der Waals surface area contributed by atoms with Gasteiger partial charge in [-0.3, -0.25) is 10.1 Å². The van der Waals surface area contributed by atoms with E-state index in [0.29, 0.717) is 30.5 Å². The molecular formula is C16H15N5O4S. The summed E-state index contributed by atoms with van der Waals surface area (Å²) in [5.74, 6) is 0.881. The van der Waals surface area contributed by atoms with Crippen LogP contribution in [-0.2, 0) is 0 Å². The van der Waals surface area contributed by atoms with Crippen molar-refractivity contribution < 1.29 is 19.1 Å². The standard InChI is InChI=1S/C16H15N5O4S/c1-24-11-5-13(21-7-9(22)8-21)17-6-10(11)14(23)18-16-20-19-15(25-16)12-3-2-4-26-12/h2-6,9,22H,7-8H2,1H3,(H,18,20,23). The highest BCUT2D eigenvalue weighted by Gasteiger charge is 2.27. The van der Waals surface area contributed by atoms with Gasteiger partial charge in [-0.1, -0.05) is 11.2 Å². The molecule has 26 heavy (non-hydrogen) atoms. The van der Waals surface area contributed by atoms with Crippen LogP contribution in [0.5, 0.6) is 5.75 Å². The topological polar surface area (TPSA) is 114 Å². The zero-order chi connectivity index (χ0) is 18.1. The van der Waals surface area contributed by atoms with Gasteiger partial charge in [0.2, 0.25) is 0 Å². The lowest BCUT2D eigenvalue weighted by Crippen LogP contribution is -2.51. The number of methoxy groups -OCH3 is 1. The summed E-state index contributed by atoms with van der Waals surface area (Å²) in [6.45, 7) is 1.02. The summed E-state index contributed by atoms with van der Waals surface area (Å²) in [4.78, 5) is 19.5. The fourth-order valence-electron chi connectivity index (χ4n) is 2.52. The van der Waals surface area contributed by atoms with Crippen molar-refractivity contribution in [1.29, 1.82) is 0 Å². The minimum absolute atomic E-state index is 0.00426. The smallest absolute Gasteiger partial charge is 0.322 e. The first-order valence-corrected chi connectivity index (χ1v) is 8.68. The number of carbonyl (C=O) groups excluding carboxylic acids is 1. The molecule has 2 N–H and O–H groups in total. The number of nitrogens with one attached hydrogen (secondary N) is 1. The molecule has 1 saturated heterocycles. The zero-order valence-electron chi connectivity index (χ0n) is 13.7. The second-order valence-electron chi connectivity index (χ2n) is 5.65. The summed E-state index contributed by atoms with van der Waals surface area (Å²) in [6.07, 6.45) is 1.07. The Morgan fingerprint density at radius 2 is 2.31 bits per heavy atom. The Labute approximate surface area is 152 Å². The van der Waals surface area contributed by atoms with Gasteiger partial charge in [0.05, 0.1) is 18.1 Å². The third kappa shape index (κ3) is 3.11. The Morgan fingerprint density at radius 3 is 3.00 bits per heavy atom. The van der Waals surface area contributed by atoms with Crippen LogP contribution < -0.4 is 15.0 Å². The molecule has 0 atom stereocenters. The maximum absolute atomic E-state index is 12.5. The SMILES string of the molecule is COc1cc(N2CC(O)C2)ncc1C(=O)Nc1nnc(-c2cccs2)o1. The van der Waals surface area contributed by atoms with Crippen LogP contribution in [0, 0.1) is 0 Å². The van der Waals surface area contributed by atoms with E-state index in [1.807, 2.05) is 22.4 Å². The Morgan fingerprint density at radius 1 is 1.46 bits per heavy atom. The molecule has 0 bridgehead atoms. The number of ether oxygens (including phenoxy) is 1.